The van der Waals surface area contributed by atoms with E-state index in [1.807, 2.05) is 6.92 Å². The number of hydrogen-bond donors (Lipinski definition) is 1. The van der Waals surface area contributed by atoms with Crippen LogP contribution in [0.4, 0.5) is 18.0 Å². The van der Waals surface area contributed by atoms with Crippen molar-refractivity contribution in [1.82, 2.24) is 10.2 Å². The Balaban J connectivity index is 1.35. The fourth-order valence-electron chi connectivity index (χ4n) is 3.87. The standard InChI is InChI=1S/C16H25F3N2O3/c1-2-3-4-24-13(22)21-8-14(9-21)5-12(6-14)7-20-15(10-23-11-15)16(17,18)19/h12,20H,2-11H2,1H3. The van der Waals surface area contributed by atoms with E-state index in [9.17, 15) is 18.0 Å². The monoisotopic (exact) mass is 350 g/mol. The molecule has 2 heterocycles. The Kier molecular flexibility index (Phi) is 4.72. The molecule has 8 heteroatoms. The second kappa shape index (κ2) is 6.37. The van der Waals surface area contributed by atoms with Crippen molar-refractivity contribution in [2.45, 2.75) is 44.3 Å². The van der Waals surface area contributed by atoms with Gasteiger partial charge in [0.25, 0.3) is 0 Å². The number of nitrogens with zero attached hydrogens (tertiary/aromatic N) is 1. The first kappa shape index (κ1) is 17.8. The molecule has 3 aliphatic rings. The highest BCUT2D eigenvalue weighted by atomic mass is 19.4. The molecular formula is C16H25F3N2O3. The van der Waals surface area contributed by atoms with Gasteiger partial charge in [-0.2, -0.15) is 13.2 Å². The number of unbranched alkanes of at least 4 members (excludes halogenated alkanes) is 1. The number of hydrogen-bond acceptors (Lipinski definition) is 4. The van der Waals surface area contributed by atoms with Crippen molar-refractivity contribution < 1.29 is 27.4 Å². The molecule has 0 atom stereocenters. The Hall–Kier alpha value is -1.02. The molecule has 1 N–H and O–H groups in total. The van der Waals surface area contributed by atoms with E-state index < -0.39 is 11.7 Å². The lowest BCUT2D eigenvalue weighted by Crippen LogP contribution is -2.71. The summed E-state index contributed by atoms with van der Waals surface area (Å²) >= 11 is 0. The highest BCUT2D eigenvalue weighted by Crippen LogP contribution is 2.52. The largest absolute Gasteiger partial charge is 0.449 e. The van der Waals surface area contributed by atoms with Gasteiger partial charge in [-0.05, 0) is 31.7 Å². The molecule has 1 aliphatic carbocycles. The number of halogens is 3. The highest BCUT2D eigenvalue weighted by Gasteiger charge is 2.61. The van der Waals surface area contributed by atoms with Crippen LogP contribution in [0, 0.1) is 11.3 Å². The second-order valence-electron chi connectivity index (χ2n) is 7.55. The minimum atomic E-state index is -4.28. The average Bonchev–Trinajstić information content (AvgIpc) is 2.35. The van der Waals surface area contributed by atoms with Crippen LogP contribution in [0.3, 0.4) is 0 Å². The molecule has 138 valence electrons. The topological polar surface area (TPSA) is 50.8 Å². The average molecular weight is 350 g/mol. The molecule has 2 aliphatic heterocycles. The van der Waals surface area contributed by atoms with Gasteiger partial charge in [-0.15, -0.1) is 0 Å². The third kappa shape index (κ3) is 3.22. The zero-order chi connectivity index (χ0) is 17.4. The van der Waals surface area contributed by atoms with Gasteiger partial charge in [0.1, 0.15) is 0 Å². The molecule has 0 unspecified atom stereocenters. The first-order valence-corrected chi connectivity index (χ1v) is 8.60. The third-order valence-electron chi connectivity index (χ3n) is 5.45. The SMILES string of the molecule is CCCCOC(=O)N1CC2(CC(CNC3(C(F)(F)F)COC3)C2)C1. The van der Waals surface area contributed by atoms with Crippen LogP contribution in [0.25, 0.3) is 0 Å². The Bertz CT molecular complexity index is 466. The van der Waals surface area contributed by atoms with Gasteiger partial charge in [0.05, 0.1) is 19.8 Å². The van der Waals surface area contributed by atoms with Gasteiger partial charge in [-0.25, -0.2) is 4.79 Å². The summed E-state index contributed by atoms with van der Waals surface area (Å²) in [7, 11) is 0. The van der Waals surface area contributed by atoms with Gasteiger partial charge in [-0.1, -0.05) is 13.3 Å². The molecule has 1 saturated carbocycles. The summed E-state index contributed by atoms with van der Waals surface area (Å²) < 4.78 is 49.0. The van der Waals surface area contributed by atoms with E-state index in [4.69, 9.17) is 9.47 Å². The first-order valence-electron chi connectivity index (χ1n) is 8.60. The van der Waals surface area contributed by atoms with Crippen LogP contribution in [0.15, 0.2) is 0 Å². The summed E-state index contributed by atoms with van der Waals surface area (Å²) in [6.45, 7) is 3.58. The Morgan fingerprint density at radius 3 is 2.50 bits per heavy atom. The summed E-state index contributed by atoms with van der Waals surface area (Å²) in [5.41, 5.74) is -1.75. The molecule has 0 aromatic rings. The minimum absolute atomic E-state index is 0.109. The predicted octanol–water partition coefficient (Wildman–Crippen LogP) is 2.56. The van der Waals surface area contributed by atoms with E-state index in [2.05, 4.69) is 5.32 Å². The number of amides is 1. The van der Waals surface area contributed by atoms with Crippen molar-refractivity contribution in [2.75, 3.05) is 39.5 Å². The third-order valence-corrected chi connectivity index (χ3v) is 5.45. The first-order chi connectivity index (χ1) is 11.3. The van der Waals surface area contributed by atoms with Crippen molar-refractivity contribution >= 4 is 6.09 Å². The summed E-state index contributed by atoms with van der Waals surface area (Å²) in [6, 6.07) is 0. The number of ether oxygens (including phenoxy) is 2. The van der Waals surface area contributed by atoms with Crippen LogP contribution in [-0.2, 0) is 9.47 Å². The van der Waals surface area contributed by atoms with Gasteiger partial charge >= 0.3 is 12.3 Å². The number of nitrogens with one attached hydrogen (secondary N) is 1. The molecule has 5 nitrogen and oxygen atoms in total. The van der Waals surface area contributed by atoms with Crippen LogP contribution >= 0.6 is 0 Å². The predicted molar refractivity (Wildman–Crippen MR) is 80.6 cm³/mol. The number of carbonyl (C=O) groups is 1. The van der Waals surface area contributed by atoms with Gasteiger partial charge in [0, 0.05) is 18.5 Å². The van der Waals surface area contributed by atoms with Crippen LogP contribution in [0.1, 0.15) is 32.6 Å². The summed E-state index contributed by atoms with van der Waals surface area (Å²) in [4.78, 5) is 13.5. The Morgan fingerprint density at radius 2 is 2.00 bits per heavy atom. The maximum atomic E-state index is 13.0. The van der Waals surface area contributed by atoms with Crippen molar-refractivity contribution in [3.63, 3.8) is 0 Å². The van der Waals surface area contributed by atoms with Gasteiger partial charge in [-0.3, -0.25) is 5.32 Å². The zero-order valence-electron chi connectivity index (χ0n) is 14.0. The smallest absolute Gasteiger partial charge is 0.411 e. The molecule has 0 radical (unpaired) electrons. The van der Waals surface area contributed by atoms with Crippen LogP contribution in [0.5, 0.6) is 0 Å². The van der Waals surface area contributed by atoms with E-state index in [1.54, 1.807) is 4.90 Å². The molecule has 2 saturated heterocycles. The summed E-state index contributed by atoms with van der Waals surface area (Å²) in [5.74, 6) is 0.239. The van der Waals surface area contributed by atoms with Crippen LogP contribution < -0.4 is 5.32 Å². The van der Waals surface area contributed by atoms with E-state index in [0.717, 1.165) is 25.7 Å². The molecule has 3 rings (SSSR count). The van der Waals surface area contributed by atoms with Crippen LogP contribution in [0.2, 0.25) is 0 Å². The molecule has 3 fully saturated rings. The summed E-state index contributed by atoms with van der Waals surface area (Å²) in [6.07, 6.45) is -0.957. The lowest BCUT2D eigenvalue weighted by atomic mass is 9.57. The van der Waals surface area contributed by atoms with E-state index in [-0.39, 0.29) is 30.6 Å². The fraction of sp³-hybridized carbons (Fsp3) is 0.938. The second-order valence-corrected chi connectivity index (χ2v) is 7.55. The maximum absolute atomic E-state index is 13.0. The highest BCUT2D eigenvalue weighted by molar-refractivity contribution is 5.69. The normalized spacial score (nSPS) is 24.9. The zero-order valence-corrected chi connectivity index (χ0v) is 14.0. The Morgan fingerprint density at radius 1 is 1.33 bits per heavy atom. The lowest BCUT2D eigenvalue weighted by Gasteiger charge is -2.59. The molecule has 0 aromatic carbocycles. The van der Waals surface area contributed by atoms with E-state index in [0.29, 0.717) is 26.2 Å². The van der Waals surface area contributed by atoms with Gasteiger partial charge in [0.15, 0.2) is 5.54 Å². The quantitative estimate of drug-likeness (QED) is 0.748. The molecule has 24 heavy (non-hydrogen) atoms. The van der Waals surface area contributed by atoms with Gasteiger partial charge < -0.3 is 14.4 Å². The fourth-order valence-corrected chi connectivity index (χ4v) is 3.87. The number of carbonyl (C=O) groups excluding carboxylic acids is 1. The molecule has 0 aromatic heterocycles. The van der Waals surface area contributed by atoms with E-state index in [1.165, 1.54) is 0 Å². The number of rotatable bonds is 6. The van der Waals surface area contributed by atoms with Crippen molar-refractivity contribution in [3.8, 4) is 0 Å². The van der Waals surface area contributed by atoms with Crippen LogP contribution in [-0.4, -0.2) is 62.2 Å². The lowest BCUT2D eigenvalue weighted by molar-refractivity contribution is -0.269. The molecular weight excluding hydrogens is 325 g/mol. The molecule has 1 amide bonds. The number of alkyl halides is 3. The summed E-state index contributed by atoms with van der Waals surface area (Å²) in [5, 5.41) is 2.67. The number of likely N-dealkylation sites (tertiary alicyclic amines) is 1. The molecule has 1 spiro atoms. The van der Waals surface area contributed by atoms with E-state index >= 15 is 0 Å². The van der Waals surface area contributed by atoms with Gasteiger partial charge in [0.2, 0.25) is 0 Å². The molecule has 0 bridgehead atoms. The van der Waals surface area contributed by atoms with Crippen molar-refractivity contribution in [1.29, 1.82) is 0 Å². The minimum Gasteiger partial charge on any atom is -0.449 e. The van der Waals surface area contributed by atoms with Crippen molar-refractivity contribution in [2.24, 2.45) is 11.3 Å². The Labute approximate surface area is 139 Å². The maximum Gasteiger partial charge on any atom is 0.411 e. The van der Waals surface area contributed by atoms with Crippen molar-refractivity contribution in [3.05, 3.63) is 0 Å².